The molecular weight excluding hydrogens is 434 g/mol. The second-order valence-electron chi connectivity index (χ2n) is 7.02. The maximum absolute atomic E-state index is 12.4. The van der Waals surface area contributed by atoms with Crippen LogP contribution in [-0.4, -0.2) is 67.8 Å². The Morgan fingerprint density at radius 1 is 1.28 bits per heavy atom. The Kier molecular flexibility index (Phi) is 9.93. The third-order valence-electron chi connectivity index (χ3n) is 4.78. The number of carbonyl (C=O) groups excluding carboxylic acids is 3. The molecule has 0 aromatic heterocycles. The number of rotatable bonds is 9. The number of unbranched alkanes of at least 4 members (excludes halogenated alkanes) is 1. The van der Waals surface area contributed by atoms with Gasteiger partial charge in [0.15, 0.2) is 16.6 Å². The van der Waals surface area contributed by atoms with E-state index in [0.717, 1.165) is 18.4 Å². The minimum Gasteiger partial charge on any atom is -0.493 e. The normalized spacial score (nSPS) is 15.8. The van der Waals surface area contributed by atoms with Gasteiger partial charge in [0, 0.05) is 19.2 Å². The summed E-state index contributed by atoms with van der Waals surface area (Å²) in [7, 11) is 3.07. The van der Waals surface area contributed by atoms with Crippen molar-refractivity contribution < 1.29 is 28.6 Å². The summed E-state index contributed by atoms with van der Waals surface area (Å²) in [5.41, 5.74) is 0.730. The van der Waals surface area contributed by atoms with E-state index < -0.39 is 17.9 Å². The number of amides is 2. The smallest absolute Gasteiger partial charge is 0.308 e. The number of piperazine rings is 1. The molecule has 0 aliphatic carbocycles. The van der Waals surface area contributed by atoms with Crippen molar-refractivity contribution >= 4 is 41.2 Å². The second-order valence-corrected chi connectivity index (χ2v) is 7.41. The van der Waals surface area contributed by atoms with Crippen LogP contribution in [0.4, 0.5) is 0 Å². The first-order chi connectivity index (χ1) is 15.4. The van der Waals surface area contributed by atoms with Crippen LogP contribution < -0.4 is 20.1 Å². The third kappa shape index (κ3) is 7.23. The summed E-state index contributed by atoms with van der Waals surface area (Å²) in [6, 6.07) is 4.41. The van der Waals surface area contributed by atoms with E-state index in [4.69, 9.17) is 26.4 Å². The number of nitrogens with zero attached hydrogens (tertiary/aromatic N) is 1. The molecule has 1 aliphatic rings. The number of thiocarbonyl (C=S) groups is 1. The zero-order valence-electron chi connectivity index (χ0n) is 18.5. The molecule has 2 rings (SSSR count). The minimum atomic E-state index is -0.833. The van der Waals surface area contributed by atoms with Crippen molar-refractivity contribution in [3.8, 4) is 11.5 Å². The molecule has 174 valence electrons. The summed E-state index contributed by atoms with van der Waals surface area (Å²) in [4.78, 5) is 38.3. The number of esters is 1. The van der Waals surface area contributed by atoms with E-state index in [-0.39, 0.29) is 17.4 Å². The predicted octanol–water partition coefficient (Wildman–Crippen LogP) is 1.65. The minimum absolute atomic E-state index is 0.0770. The lowest BCUT2D eigenvalue weighted by atomic mass is 10.1. The molecule has 32 heavy (non-hydrogen) atoms. The maximum Gasteiger partial charge on any atom is 0.308 e. The molecule has 1 aromatic rings. The first-order valence-electron chi connectivity index (χ1n) is 10.3. The summed E-state index contributed by atoms with van der Waals surface area (Å²) in [5, 5.41) is 5.38. The van der Waals surface area contributed by atoms with Crippen LogP contribution in [-0.2, 0) is 19.1 Å². The van der Waals surface area contributed by atoms with Crippen molar-refractivity contribution in [2.24, 2.45) is 0 Å². The molecule has 2 amide bonds. The predicted molar refractivity (Wildman–Crippen MR) is 123 cm³/mol. The molecule has 10 heteroatoms. The van der Waals surface area contributed by atoms with Gasteiger partial charge in [-0.25, -0.2) is 0 Å². The summed E-state index contributed by atoms with van der Waals surface area (Å²) < 4.78 is 15.6. The molecule has 1 unspecified atom stereocenters. The van der Waals surface area contributed by atoms with Crippen LogP contribution in [0.3, 0.4) is 0 Å². The summed E-state index contributed by atoms with van der Waals surface area (Å²) in [5.74, 6) is -0.148. The monoisotopic (exact) mass is 463 g/mol. The first-order valence-corrected chi connectivity index (χ1v) is 10.8. The van der Waals surface area contributed by atoms with Crippen LogP contribution in [0, 0.1) is 0 Å². The van der Waals surface area contributed by atoms with Crippen molar-refractivity contribution in [1.82, 2.24) is 15.5 Å². The highest BCUT2D eigenvalue weighted by Crippen LogP contribution is 2.27. The Labute approximate surface area is 193 Å². The number of ether oxygens (including phenoxy) is 3. The second kappa shape index (κ2) is 12.7. The van der Waals surface area contributed by atoms with E-state index in [9.17, 15) is 14.4 Å². The van der Waals surface area contributed by atoms with Crippen molar-refractivity contribution in [3.05, 3.63) is 29.8 Å². The molecular formula is C22H29N3O6S. The number of hydrogen-bond donors (Lipinski definition) is 2. The Balaban J connectivity index is 1.99. The average molecular weight is 464 g/mol. The fourth-order valence-corrected chi connectivity index (χ4v) is 3.37. The van der Waals surface area contributed by atoms with Crippen LogP contribution >= 0.6 is 12.2 Å². The lowest BCUT2D eigenvalue weighted by molar-refractivity contribution is -0.147. The summed E-state index contributed by atoms with van der Waals surface area (Å²) in [6.07, 6.45) is 4.44. The maximum atomic E-state index is 12.4. The number of nitrogens with one attached hydrogen (secondary N) is 2. The number of carbonyl (C=O) groups is 3. The van der Waals surface area contributed by atoms with Crippen LogP contribution in [0.2, 0.25) is 0 Å². The molecule has 0 spiro atoms. The zero-order chi connectivity index (χ0) is 23.5. The lowest BCUT2D eigenvalue weighted by Gasteiger charge is -2.36. The van der Waals surface area contributed by atoms with Crippen LogP contribution in [0.1, 0.15) is 31.7 Å². The highest BCUT2D eigenvalue weighted by molar-refractivity contribution is 7.80. The van der Waals surface area contributed by atoms with E-state index in [1.165, 1.54) is 18.1 Å². The lowest BCUT2D eigenvalue weighted by Crippen LogP contribution is -2.60. The van der Waals surface area contributed by atoms with Crippen LogP contribution in [0.15, 0.2) is 24.3 Å². The molecule has 2 N–H and O–H groups in total. The van der Waals surface area contributed by atoms with Gasteiger partial charge in [-0.15, -0.1) is 0 Å². The van der Waals surface area contributed by atoms with Crippen molar-refractivity contribution in [2.75, 3.05) is 33.9 Å². The van der Waals surface area contributed by atoms with Crippen LogP contribution in [0.5, 0.6) is 11.5 Å². The van der Waals surface area contributed by atoms with Gasteiger partial charge in [0.25, 0.3) is 0 Å². The van der Waals surface area contributed by atoms with E-state index >= 15 is 0 Å². The fourth-order valence-electron chi connectivity index (χ4n) is 3.06. The molecule has 1 atom stereocenters. The van der Waals surface area contributed by atoms with Gasteiger partial charge in [-0.05, 0) is 42.4 Å². The molecule has 1 fully saturated rings. The Morgan fingerprint density at radius 3 is 2.72 bits per heavy atom. The standard InChI is InChI=1S/C22H29N3O6S/c1-4-5-12-31-20(27)14-16-21(28)23-10-11-25(16)22(32)24-19(26)9-7-15-6-8-17(29-2)18(13-15)30-3/h6-9,13,16H,4-5,10-12,14H2,1-3H3,(H,23,28)(H,24,26,32). The van der Waals surface area contributed by atoms with E-state index in [1.807, 2.05) is 6.92 Å². The van der Waals surface area contributed by atoms with Crippen LogP contribution in [0.25, 0.3) is 6.08 Å². The van der Waals surface area contributed by atoms with Crippen molar-refractivity contribution in [2.45, 2.75) is 32.2 Å². The number of hydrogen-bond acceptors (Lipinski definition) is 7. The largest absolute Gasteiger partial charge is 0.493 e. The van der Waals surface area contributed by atoms with Gasteiger partial charge >= 0.3 is 5.97 Å². The Morgan fingerprint density at radius 2 is 2.03 bits per heavy atom. The highest BCUT2D eigenvalue weighted by Gasteiger charge is 2.34. The zero-order valence-corrected chi connectivity index (χ0v) is 19.3. The van der Waals surface area contributed by atoms with E-state index in [2.05, 4.69) is 10.6 Å². The van der Waals surface area contributed by atoms with Crippen molar-refractivity contribution in [3.63, 3.8) is 0 Å². The van der Waals surface area contributed by atoms with E-state index in [0.29, 0.717) is 31.2 Å². The molecule has 0 saturated carbocycles. The molecule has 1 aliphatic heterocycles. The Bertz CT molecular complexity index is 873. The summed E-state index contributed by atoms with van der Waals surface area (Å²) in [6.45, 7) is 3.03. The quantitative estimate of drug-likeness (QED) is 0.247. The average Bonchev–Trinajstić information content (AvgIpc) is 2.78. The Hall–Kier alpha value is -3.14. The van der Waals surface area contributed by atoms with Gasteiger partial charge in [-0.1, -0.05) is 19.4 Å². The van der Waals surface area contributed by atoms with Gasteiger partial charge in [0.1, 0.15) is 6.04 Å². The fraction of sp³-hybridized carbons (Fsp3) is 0.455. The van der Waals surface area contributed by atoms with Gasteiger partial charge in [0.05, 0.1) is 27.2 Å². The van der Waals surface area contributed by atoms with Gasteiger partial charge in [0.2, 0.25) is 11.8 Å². The van der Waals surface area contributed by atoms with Gasteiger partial charge < -0.3 is 24.4 Å². The molecule has 1 saturated heterocycles. The molecule has 1 heterocycles. The number of methoxy groups -OCH3 is 2. The SMILES string of the molecule is CCCCOC(=O)CC1C(=O)NCCN1C(=S)NC(=O)C=Cc1ccc(OC)c(OC)c1. The molecule has 9 nitrogen and oxygen atoms in total. The molecule has 1 aromatic carbocycles. The topological polar surface area (TPSA) is 106 Å². The van der Waals surface area contributed by atoms with Gasteiger partial charge in [-0.3, -0.25) is 19.7 Å². The molecule has 0 bridgehead atoms. The number of benzene rings is 1. The van der Waals surface area contributed by atoms with E-state index in [1.54, 1.807) is 31.4 Å². The first kappa shape index (κ1) is 25.1. The highest BCUT2D eigenvalue weighted by atomic mass is 32.1. The van der Waals surface area contributed by atoms with Crippen molar-refractivity contribution in [1.29, 1.82) is 0 Å². The third-order valence-corrected chi connectivity index (χ3v) is 5.11. The van der Waals surface area contributed by atoms with Gasteiger partial charge in [-0.2, -0.15) is 0 Å². The molecule has 0 radical (unpaired) electrons. The summed E-state index contributed by atoms with van der Waals surface area (Å²) >= 11 is 5.33.